The van der Waals surface area contributed by atoms with Crippen molar-refractivity contribution in [2.75, 3.05) is 0 Å². The zero-order valence-corrected chi connectivity index (χ0v) is 64.9. The molecule has 0 aromatic carbocycles. The van der Waals surface area contributed by atoms with Crippen LogP contribution < -0.4 is 0 Å². The SMILES string of the molecule is CC(C)(C)[PH+](C(C)(C)C)C(C)(C)C.CC(C)(C)[PH+](C(C)(C)C)C(C)(C)C.CC(C)(C)[PH+](C(C)(C)C)C(C)(C)C.CC(C)(C)[PH+](C(C)(C)C)C(C)(C)C.O=S(=O)([O-])C(F)(F)F.O=S(=O)([O-])C(F)(F)F.[Ag+].[Ag].[Pt].[Pt]. The fourth-order valence-corrected chi connectivity index (χ4v) is 40.5. The van der Waals surface area contributed by atoms with Gasteiger partial charge in [0.05, 0.1) is 61.9 Å². The number of alkyl halides is 6. The van der Waals surface area contributed by atoms with Crippen LogP contribution >= 0.6 is 31.7 Å². The Morgan fingerprint density at radius 1 is 0.250 bits per heavy atom. The maximum atomic E-state index is 10.7. The van der Waals surface area contributed by atoms with E-state index in [1.54, 1.807) is 0 Å². The molecule has 72 heavy (non-hydrogen) atoms. The fourth-order valence-electron chi connectivity index (χ4n) is 13.5. The van der Waals surface area contributed by atoms with Gasteiger partial charge in [0, 0.05) is 96.2 Å². The Hall–Kier alpha value is 3.98. The maximum absolute atomic E-state index is 10.7. The molecule has 0 aliphatic rings. The van der Waals surface area contributed by atoms with E-state index in [1.807, 2.05) is 0 Å². The second-order valence-corrected chi connectivity index (χ2v) is 54.0. The Morgan fingerprint density at radius 2 is 0.292 bits per heavy atom. The van der Waals surface area contributed by atoms with E-state index in [2.05, 4.69) is 249 Å². The second kappa shape index (κ2) is 32.7. The third-order valence-corrected chi connectivity index (χ3v) is 28.7. The summed E-state index contributed by atoms with van der Waals surface area (Å²) in [7, 11) is -13.7. The van der Waals surface area contributed by atoms with Crippen LogP contribution in [-0.2, 0) is 107 Å². The molecular weight excluding hydrogens is 1600 g/mol. The largest absolute Gasteiger partial charge is 1.00 e. The molecule has 0 saturated carbocycles. The van der Waals surface area contributed by atoms with Crippen molar-refractivity contribution < 1.29 is 139 Å². The first-order chi connectivity index (χ1) is 28.0. The molecule has 0 unspecified atom stereocenters. The van der Waals surface area contributed by atoms with E-state index in [0.29, 0.717) is 61.9 Å². The number of rotatable bonds is 0. The van der Waals surface area contributed by atoms with Crippen molar-refractivity contribution in [2.24, 2.45) is 0 Å². The zero-order chi connectivity index (χ0) is 58.3. The van der Waals surface area contributed by atoms with Gasteiger partial charge in [-0.15, -0.1) is 0 Å². The van der Waals surface area contributed by atoms with E-state index >= 15 is 0 Å². The van der Waals surface area contributed by atoms with Gasteiger partial charge in [-0.3, -0.25) is 0 Å². The average molecular weight is 1720 g/mol. The predicted octanol–water partition coefficient (Wildman–Crippen LogP) is 18.5. The van der Waals surface area contributed by atoms with Gasteiger partial charge >= 0.3 is 33.4 Å². The third kappa shape index (κ3) is 44.6. The van der Waals surface area contributed by atoms with Gasteiger partial charge in [-0.1, -0.05) is 0 Å². The van der Waals surface area contributed by atoms with Crippen molar-refractivity contribution in [3.63, 3.8) is 0 Å². The minimum absolute atomic E-state index is 0. The number of hydrogen-bond donors (Lipinski definition) is 0. The summed E-state index contributed by atoms with van der Waals surface area (Å²) in [5, 5.41) is 5.85. The van der Waals surface area contributed by atoms with Crippen LogP contribution in [0, 0.1) is 0 Å². The summed E-state index contributed by atoms with van der Waals surface area (Å²) in [5.74, 6) is 0. The van der Waals surface area contributed by atoms with Gasteiger partial charge < -0.3 is 9.11 Å². The van der Waals surface area contributed by atoms with E-state index in [4.69, 9.17) is 25.9 Å². The van der Waals surface area contributed by atoms with E-state index in [1.165, 1.54) is 0 Å². The molecule has 1 radical (unpaired) electrons. The van der Waals surface area contributed by atoms with Crippen LogP contribution in [0.3, 0.4) is 0 Å². The monoisotopic (exact) mass is 1710 g/mol. The molecule has 461 valence electrons. The van der Waals surface area contributed by atoms with Gasteiger partial charge in [0.2, 0.25) is 0 Å². The molecule has 0 fully saturated rings. The van der Waals surface area contributed by atoms with Gasteiger partial charge in [-0.05, 0) is 249 Å². The minimum atomic E-state index is -6.09. The van der Waals surface area contributed by atoms with Gasteiger partial charge in [0.1, 0.15) is 0 Å². The van der Waals surface area contributed by atoms with E-state index in [0.717, 1.165) is 0 Å². The van der Waals surface area contributed by atoms with Crippen molar-refractivity contribution in [2.45, 2.75) is 322 Å². The molecule has 22 heteroatoms. The first-order valence-electron chi connectivity index (χ1n) is 23.5. The average Bonchev–Trinajstić information content (AvgIpc) is 2.75. The van der Waals surface area contributed by atoms with Gasteiger partial charge in [-0.2, -0.15) is 26.3 Å². The molecule has 0 aliphatic heterocycles. The molecule has 0 aromatic heterocycles. The van der Waals surface area contributed by atoms with Gasteiger partial charge in [0.15, 0.2) is 20.2 Å². The zero-order valence-electron chi connectivity index (χ0n) is 51.8. The summed E-state index contributed by atoms with van der Waals surface area (Å²) in [5.41, 5.74) is -11.3. The molecule has 0 saturated heterocycles. The Labute approximate surface area is 508 Å². The van der Waals surface area contributed by atoms with Crippen molar-refractivity contribution in [1.29, 1.82) is 0 Å². The van der Waals surface area contributed by atoms with E-state index in [-0.39, 0.29) is 86.9 Å². The summed E-state index contributed by atoms with van der Waals surface area (Å²) >= 11 is 0. The Morgan fingerprint density at radius 3 is 0.292 bits per heavy atom. The molecule has 0 spiro atoms. The molecule has 0 bridgehead atoms. The van der Waals surface area contributed by atoms with Crippen LogP contribution in [0.2, 0.25) is 0 Å². The summed E-state index contributed by atoms with van der Waals surface area (Å²) < 4.78 is 118. The number of halogens is 6. The summed E-state index contributed by atoms with van der Waals surface area (Å²) in [4.78, 5) is 0. The second-order valence-electron chi connectivity index (χ2n) is 30.3. The Kier molecular flexibility index (Phi) is 44.6. The van der Waals surface area contributed by atoms with Crippen LogP contribution in [-0.4, -0.2) is 98.8 Å². The Balaban J connectivity index is -0.0000000800. The molecule has 0 N–H and O–H groups in total. The summed E-state index contributed by atoms with van der Waals surface area (Å²) in [6.07, 6.45) is 0. The smallest absolute Gasteiger partial charge is 0.741 e. The standard InChI is InChI=1S/4C12H27P.2CHF3O3S.2Ag.2Pt/c4*1-10(2,3)13(11(4,5)6)12(7,8)9;2*2-1(3,4)8(5,6)7;;;;/h4*1-9H3;2*(H,5,6,7);;;;/q;;;;;;;+1;;/p+2. The Bertz CT molecular complexity index is 1350. The van der Waals surface area contributed by atoms with Crippen LogP contribution in [0.4, 0.5) is 26.3 Å². The van der Waals surface area contributed by atoms with Crippen LogP contribution in [0.1, 0.15) is 249 Å². The first-order valence-corrected chi connectivity index (χ1v) is 32.4. The van der Waals surface area contributed by atoms with Gasteiger partial charge in [-0.25, -0.2) is 16.8 Å². The van der Waals surface area contributed by atoms with Crippen molar-refractivity contribution >= 4 is 51.9 Å². The van der Waals surface area contributed by atoms with Gasteiger partial charge in [0.25, 0.3) is 0 Å². The quantitative estimate of drug-likeness (QED) is 0.0785. The maximum Gasteiger partial charge on any atom is 1.00 e. The van der Waals surface area contributed by atoms with Crippen LogP contribution in [0.5, 0.6) is 0 Å². The molecule has 0 aliphatic carbocycles. The molecule has 0 heterocycles. The summed E-state index contributed by atoms with van der Waals surface area (Å²) in [6.45, 7) is 86.4. The molecule has 6 nitrogen and oxygen atoms in total. The van der Waals surface area contributed by atoms with Crippen LogP contribution in [0.15, 0.2) is 0 Å². The normalized spacial score (nSPS) is 14.1. The van der Waals surface area contributed by atoms with E-state index in [9.17, 15) is 26.3 Å². The molecular formula is C50H112Ag2F6O6P4Pt2S2+3. The molecule has 0 amide bonds. The first kappa shape index (κ1) is 98.1. The van der Waals surface area contributed by atoms with Crippen molar-refractivity contribution in [1.82, 2.24) is 0 Å². The van der Waals surface area contributed by atoms with E-state index < -0.39 is 62.9 Å². The van der Waals surface area contributed by atoms with Crippen molar-refractivity contribution in [3.8, 4) is 0 Å². The molecule has 0 atom stereocenters. The topological polar surface area (TPSA) is 114 Å². The van der Waals surface area contributed by atoms with Crippen LogP contribution in [0.25, 0.3) is 0 Å². The minimum Gasteiger partial charge on any atom is -0.741 e. The fraction of sp³-hybridized carbons (Fsp3) is 1.00. The molecule has 0 rings (SSSR count). The van der Waals surface area contributed by atoms with Crippen molar-refractivity contribution in [3.05, 3.63) is 0 Å². The third-order valence-electron chi connectivity index (χ3n) is 9.57. The predicted molar refractivity (Wildman–Crippen MR) is 302 cm³/mol. The number of hydrogen-bond acceptors (Lipinski definition) is 6. The summed E-state index contributed by atoms with van der Waals surface area (Å²) in [6, 6.07) is 0. The molecule has 0 aromatic rings.